The van der Waals surface area contributed by atoms with Crippen molar-refractivity contribution in [2.45, 2.75) is 58.5 Å². The van der Waals surface area contributed by atoms with Crippen LogP contribution in [0.2, 0.25) is 0 Å². The summed E-state index contributed by atoms with van der Waals surface area (Å²) in [4.78, 5) is 24.2. The summed E-state index contributed by atoms with van der Waals surface area (Å²) in [5, 5.41) is 7.16. The topological polar surface area (TPSA) is 64.0 Å². The van der Waals surface area contributed by atoms with Gasteiger partial charge in [-0.3, -0.25) is 9.59 Å². The largest absolute Gasteiger partial charge is 0.344 e. The number of nitrogens with zero attached hydrogens (tertiary/aromatic N) is 2. The predicted octanol–water partition coefficient (Wildman–Crippen LogP) is 3.02. The quantitative estimate of drug-likeness (QED) is 0.911. The average molecular weight is 339 g/mol. The van der Waals surface area contributed by atoms with Gasteiger partial charge in [0, 0.05) is 12.6 Å². The Balaban J connectivity index is 1.74. The highest BCUT2D eigenvalue weighted by atomic mass is 16.2. The molecule has 0 aliphatic heterocycles. The van der Waals surface area contributed by atoms with Crippen molar-refractivity contribution < 1.29 is 4.79 Å². The van der Waals surface area contributed by atoms with Crippen LogP contribution in [0.1, 0.15) is 66.3 Å². The fourth-order valence-electron chi connectivity index (χ4n) is 3.32. The number of amides is 1. The van der Waals surface area contributed by atoms with Gasteiger partial charge in [-0.2, -0.15) is 5.10 Å². The van der Waals surface area contributed by atoms with Crippen molar-refractivity contribution in [3.05, 3.63) is 63.1 Å². The first-order valence-electron chi connectivity index (χ1n) is 9.09. The van der Waals surface area contributed by atoms with E-state index in [0.29, 0.717) is 6.54 Å². The van der Waals surface area contributed by atoms with Crippen molar-refractivity contribution in [1.29, 1.82) is 0 Å². The summed E-state index contributed by atoms with van der Waals surface area (Å²) in [5.74, 6) is -0.255. The van der Waals surface area contributed by atoms with Crippen LogP contribution in [0.25, 0.3) is 0 Å². The van der Waals surface area contributed by atoms with Crippen LogP contribution in [0.5, 0.6) is 0 Å². The number of benzene rings is 1. The molecule has 1 aliphatic rings. The van der Waals surface area contributed by atoms with E-state index < -0.39 is 0 Å². The van der Waals surface area contributed by atoms with E-state index in [4.69, 9.17) is 0 Å². The highest BCUT2D eigenvalue weighted by Gasteiger charge is 2.16. The Kier molecular flexibility index (Phi) is 5.31. The molecule has 1 aromatic carbocycles. The van der Waals surface area contributed by atoms with Crippen LogP contribution in [0, 0.1) is 0 Å². The van der Waals surface area contributed by atoms with Crippen LogP contribution < -0.4 is 10.9 Å². The third kappa shape index (κ3) is 3.98. The van der Waals surface area contributed by atoms with Crippen molar-refractivity contribution in [2.24, 2.45) is 0 Å². The van der Waals surface area contributed by atoms with E-state index in [1.54, 1.807) is 0 Å². The zero-order valence-electron chi connectivity index (χ0n) is 14.9. The van der Waals surface area contributed by atoms with Gasteiger partial charge in [0.2, 0.25) is 0 Å². The van der Waals surface area contributed by atoms with Gasteiger partial charge in [-0.1, -0.05) is 25.1 Å². The summed E-state index contributed by atoms with van der Waals surface area (Å²) >= 11 is 0. The second kappa shape index (κ2) is 7.64. The molecule has 1 aliphatic carbocycles. The van der Waals surface area contributed by atoms with Gasteiger partial charge in [0.25, 0.3) is 11.5 Å². The van der Waals surface area contributed by atoms with Crippen molar-refractivity contribution >= 4 is 5.91 Å². The Morgan fingerprint density at radius 2 is 1.96 bits per heavy atom. The molecule has 2 aromatic rings. The van der Waals surface area contributed by atoms with Crippen molar-refractivity contribution in [1.82, 2.24) is 15.1 Å². The fraction of sp³-hybridized carbons (Fsp3) is 0.450. The maximum absolute atomic E-state index is 12.5. The molecule has 0 radical (unpaired) electrons. The van der Waals surface area contributed by atoms with Crippen molar-refractivity contribution in [3.8, 4) is 0 Å². The van der Waals surface area contributed by atoms with Crippen LogP contribution in [0.15, 0.2) is 35.1 Å². The number of hydrogen-bond acceptors (Lipinski definition) is 3. The Labute approximate surface area is 148 Å². The molecule has 1 N–H and O–H groups in total. The molecule has 1 amide bonds. The SMILES string of the molecule is CCCn1nc(C(=O)NC(C)c2ccc3c(c2)CCCC3)ccc1=O. The first-order valence-corrected chi connectivity index (χ1v) is 9.09. The van der Waals surface area contributed by atoms with Crippen LogP contribution in [-0.2, 0) is 19.4 Å². The lowest BCUT2D eigenvalue weighted by atomic mass is 9.89. The third-order valence-corrected chi connectivity index (χ3v) is 4.75. The molecule has 1 unspecified atom stereocenters. The van der Waals surface area contributed by atoms with Crippen LogP contribution in [-0.4, -0.2) is 15.7 Å². The van der Waals surface area contributed by atoms with Gasteiger partial charge < -0.3 is 5.32 Å². The van der Waals surface area contributed by atoms with Gasteiger partial charge in [-0.05, 0) is 61.8 Å². The Morgan fingerprint density at radius 3 is 2.72 bits per heavy atom. The maximum Gasteiger partial charge on any atom is 0.272 e. The molecule has 1 atom stereocenters. The molecule has 5 nitrogen and oxygen atoms in total. The predicted molar refractivity (Wildman–Crippen MR) is 97.8 cm³/mol. The van der Waals surface area contributed by atoms with Gasteiger partial charge in [0.05, 0.1) is 6.04 Å². The van der Waals surface area contributed by atoms with Gasteiger partial charge in [0.15, 0.2) is 0 Å². The Morgan fingerprint density at radius 1 is 1.20 bits per heavy atom. The molecule has 0 saturated heterocycles. The molecule has 25 heavy (non-hydrogen) atoms. The lowest BCUT2D eigenvalue weighted by Crippen LogP contribution is -2.31. The zero-order chi connectivity index (χ0) is 17.8. The van der Waals surface area contributed by atoms with E-state index >= 15 is 0 Å². The lowest BCUT2D eigenvalue weighted by molar-refractivity contribution is 0.0932. The molecule has 0 fully saturated rings. The molecule has 3 rings (SSSR count). The molecule has 1 heterocycles. The monoisotopic (exact) mass is 339 g/mol. The minimum Gasteiger partial charge on any atom is -0.344 e. The number of aromatic nitrogens is 2. The highest BCUT2D eigenvalue weighted by Crippen LogP contribution is 2.24. The number of aryl methyl sites for hydroxylation is 3. The molecule has 0 spiro atoms. The van der Waals surface area contributed by atoms with Gasteiger partial charge in [-0.25, -0.2) is 4.68 Å². The smallest absolute Gasteiger partial charge is 0.272 e. The molecule has 132 valence electrons. The average Bonchev–Trinajstić information content (AvgIpc) is 2.63. The molecule has 0 saturated carbocycles. The zero-order valence-corrected chi connectivity index (χ0v) is 14.9. The molecule has 5 heteroatoms. The number of carbonyl (C=O) groups excluding carboxylic acids is 1. The normalized spacial score (nSPS) is 14.6. The summed E-state index contributed by atoms with van der Waals surface area (Å²) in [5.41, 5.74) is 4.04. The second-order valence-corrected chi connectivity index (χ2v) is 6.71. The van der Waals surface area contributed by atoms with E-state index in [1.807, 2.05) is 13.8 Å². The highest BCUT2D eigenvalue weighted by molar-refractivity contribution is 5.92. The molecular weight excluding hydrogens is 314 g/mol. The molecular formula is C20H25N3O2. The number of hydrogen-bond donors (Lipinski definition) is 1. The van der Waals surface area contributed by atoms with Crippen molar-refractivity contribution in [2.75, 3.05) is 0 Å². The standard InChI is InChI=1S/C20H25N3O2/c1-3-12-23-19(24)11-10-18(22-23)20(25)21-14(2)16-9-8-15-6-4-5-7-17(15)13-16/h8-11,13-14H,3-7,12H2,1-2H3,(H,21,25). The van der Waals surface area contributed by atoms with Gasteiger partial charge >= 0.3 is 0 Å². The van der Waals surface area contributed by atoms with E-state index in [9.17, 15) is 9.59 Å². The summed E-state index contributed by atoms with van der Waals surface area (Å²) < 4.78 is 1.35. The maximum atomic E-state index is 12.5. The van der Waals surface area contributed by atoms with E-state index in [0.717, 1.165) is 24.8 Å². The first kappa shape index (κ1) is 17.4. The third-order valence-electron chi connectivity index (χ3n) is 4.75. The van der Waals surface area contributed by atoms with Crippen LogP contribution >= 0.6 is 0 Å². The summed E-state index contributed by atoms with van der Waals surface area (Å²) in [6, 6.07) is 9.29. The number of fused-ring (bicyclic) bond motifs is 1. The minimum absolute atomic E-state index is 0.104. The minimum atomic E-state index is -0.255. The molecule has 1 aromatic heterocycles. The van der Waals surface area contributed by atoms with Crippen molar-refractivity contribution in [3.63, 3.8) is 0 Å². The van der Waals surface area contributed by atoms with Gasteiger partial charge in [0.1, 0.15) is 5.69 Å². The van der Waals surface area contributed by atoms with Crippen LogP contribution in [0.4, 0.5) is 0 Å². The van der Waals surface area contributed by atoms with Gasteiger partial charge in [-0.15, -0.1) is 0 Å². The summed E-state index contributed by atoms with van der Waals surface area (Å²) in [6.45, 7) is 4.46. The second-order valence-electron chi connectivity index (χ2n) is 6.71. The lowest BCUT2D eigenvalue weighted by Gasteiger charge is -2.20. The van der Waals surface area contributed by atoms with E-state index in [2.05, 4.69) is 28.6 Å². The molecule has 0 bridgehead atoms. The van der Waals surface area contributed by atoms with E-state index in [1.165, 1.54) is 40.8 Å². The number of rotatable bonds is 5. The summed E-state index contributed by atoms with van der Waals surface area (Å²) in [7, 11) is 0. The fourth-order valence-corrected chi connectivity index (χ4v) is 3.32. The number of nitrogens with one attached hydrogen (secondary N) is 1. The Bertz CT molecular complexity index is 826. The Hall–Kier alpha value is -2.43. The summed E-state index contributed by atoms with van der Waals surface area (Å²) in [6.07, 6.45) is 5.56. The first-order chi connectivity index (χ1) is 12.1. The van der Waals surface area contributed by atoms with E-state index in [-0.39, 0.29) is 23.2 Å². The van der Waals surface area contributed by atoms with Crippen LogP contribution in [0.3, 0.4) is 0 Å². The number of carbonyl (C=O) groups is 1.